The van der Waals surface area contributed by atoms with E-state index < -0.39 is 0 Å². The molecule has 0 aliphatic carbocycles. The van der Waals surface area contributed by atoms with Crippen molar-refractivity contribution in [3.05, 3.63) is 57.6 Å². The van der Waals surface area contributed by atoms with Crippen LogP contribution in [0, 0.1) is 0 Å². The maximum Gasteiger partial charge on any atom is 0.109 e. The number of pyridine rings is 1. The number of thiazole rings is 1. The fourth-order valence-electron chi connectivity index (χ4n) is 2.39. The second-order valence-electron chi connectivity index (χ2n) is 4.82. The van der Waals surface area contributed by atoms with E-state index in [9.17, 15) is 0 Å². The first-order valence-electron chi connectivity index (χ1n) is 6.94. The number of rotatable bonds is 5. The van der Waals surface area contributed by atoms with Crippen molar-refractivity contribution in [1.82, 2.24) is 15.3 Å². The van der Waals surface area contributed by atoms with Gasteiger partial charge in [0.1, 0.15) is 5.01 Å². The van der Waals surface area contributed by atoms with E-state index in [-0.39, 0.29) is 6.04 Å². The highest BCUT2D eigenvalue weighted by Crippen LogP contribution is 2.26. The first kappa shape index (κ1) is 14.4. The molecule has 5 heteroatoms. The molecule has 1 aromatic carbocycles. The highest BCUT2D eigenvalue weighted by atomic mass is 35.5. The Labute approximate surface area is 133 Å². The van der Waals surface area contributed by atoms with Gasteiger partial charge in [-0.05, 0) is 30.2 Å². The third kappa shape index (κ3) is 3.07. The van der Waals surface area contributed by atoms with Gasteiger partial charge in [0.25, 0.3) is 0 Å². The van der Waals surface area contributed by atoms with E-state index >= 15 is 0 Å². The van der Waals surface area contributed by atoms with Gasteiger partial charge in [0.15, 0.2) is 0 Å². The monoisotopic (exact) mass is 317 g/mol. The van der Waals surface area contributed by atoms with Gasteiger partial charge in [0.2, 0.25) is 0 Å². The van der Waals surface area contributed by atoms with E-state index in [2.05, 4.69) is 22.2 Å². The van der Waals surface area contributed by atoms with E-state index in [4.69, 9.17) is 11.6 Å². The molecule has 3 aromatic rings. The third-order valence-electron chi connectivity index (χ3n) is 3.50. The fraction of sp³-hybridized carbons (Fsp3) is 0.250. The van der Waals surface area contributed by atoms with Gasteiger partial charge in [0, 0.05) is 34.7 Å². The molecule has 21 heavy (non-hydrogen) atoms. The molecule has 0 amide bonds. The second-order valence-corrected chi connectivity index (χ2v) is 6.15. The van der Waals surface area contributed by atoms with Gasteiger partial charge in [-0.3, -0.25) is 4.98 Å². The second kappa shape index (κ2) is 6.52. The number of benzene rings is 1. The molecular weight excluding hydrogens is 302 g/mol. The van der Waals surface area contributed by atoms with Crippen molar-refractivity contribution in [2.45, 2.75) is 25.9 Å². The van der Waals surface area contributed by atoms with Gasteiger partial charge >= 0.3 is 0 Å². The number of hydrogen-bond donors (Lipinski definition) is 1. The lowest BCUT2D eigenvalue weighted by atomic mass is 10.1. The van der Waals surface area contributed by atoms with Gasteiger partial charge in [0.05, 0.1) is 11.6 Å². The lowest BCUT2D eigenvalue weighted by Gasteiger charge is -2.15. The number of nitrogens with one attached hydrogen (secondary N) is 1. The van der Waals surface area contributed by atoms with Crippen LogP contribution in [0.2, 0.25) is 5.02 Å². The first-order chi connectivity index (χ1) is 10.3. The molecule has 0 aliphatic heterocycles. The van der Waals surface area contributed by atoms with Crippen molar-refractivity contribution in [2.75, 3.05) is 0 Å². The number of nitrogens with zero attached hydrogens (tertiary/aromatic N) is 2. The summed E-state index contributed by atoms with van der Waals surface area (Å²) in [5.41, 5.74) is 2.12. The molecule has 1 atom stereocenters. The Kier molecular flexibility index (Phi) is 4.48. The standard InChI is InChI=1S/C16H16ClN3S/c1-2-14(16-19-8-9-21-16)20-10-11-5-6-13(17)12-4-3-7-18-15(11)12/h3-9,14,20H,2,10H2,1H3. The van der Waals surface area contributed by atoms with Crippen LogP contribution in [0.3, 0.4) is 0 Å². The molecule has 2 heterocycles. The zero-order valence-electron chi connectivity index (χ0n) is 11.7. The SMILES string of the molecule is CCC(NCc1ccc(Cl)c2cccnc12)c1nccs1. The van der Waals surface area contributed by atoms with Crippen molar-refractivity contribution in [2.24, 2.45) is 0 Å². The van der Waals surface area contributed by atoms with Gasteiger partial charge in [-0.1, -0.05) is 24.6 Å². The smallest absolute Gasteiger partial charge is 0.109 e. The summed E-state index contributed by atoms with van der Waals surface area (Å²) in [6, 6.07) is 8.17. The molecule has 108 valence electrons. The summed E-state index contributed by atoms with van der Waals surface area (Å²) >= 11 is 7.92. The summed E-state index contributed by atoms with van der Waals surface area (Å²) < 4.78 is 0. The molecule has 0 bridgehead atoms. The molecule has 3 nitrogen and oxygen atoms in total. The van der Waals surface area contributed by atoms with Crippen molar-refractivity contribution < 1.29 is 0 Å². The van der Waals surface area contributed by atoms with Crippen LogP contribution >= 0.6 is 22.9 Å². The van der Waals surface area contributed by atoms with Crippen LogP contribution in [0.1, 0.15) is 30.0 Å². The highest BCUT2D eigenvalue weighted by Gasteiger charge is 2.12. The van der Waals surface area contributed by atoms with Gasteiger partial charge < -0.3 is 5.32 Å². The Bertz CT molecular complexity index is 727. The van der Waals surface area contributed by atoms with E-state index in [1.54, 1.807) is 17.5 Å². The maximum absolute atomic E-state index is 6.23. The summed E-state index contributed by atoms with van der Waals surface area (Å²) in [6.07, 6.45) is 4.66. The minimum Gasteiger partial charge on any atom is -0.304 e. The van der Waals surface area contributed by atoms with Gasteiger partial charge in [-0.15, -0.1) is 11.3 Å². The van der Waals surface area contributed by atoms with E-state index in [0.717, 1.165) is 39.5 Å². The predicted octanol–water partition coefficient (Wildman–Crippen LogP) is 4.59. The molecule has 0 fully saturated rings. The van der Waals surface area contributed by atoms with Crippen LogP contribution in [-0.4, -0.2) is 9.97 Å². The van der Waals surface area contributed by atoms with Gasteiger partial charge in [-0.2, -0.15) is 0 Å². The molecule has 0 saturated heterocycles. The quantitative estimate of drug-likeness (QED) is 0.748. The molecular formula is C16H16ClN3S. The van der Waals surface area contributed by atoms with Crippen molar-refractivity contribution in [1.29, 1.82) is 0 Å². The van der Waals surface area contributed by atoms with Crippen molar-refractivity contribution in [3.63, 3.8) is 0 Å². The van der Waals surface area contributed by atoms with Gasteiger partial charge in [-0.25, -0.2) is 4.98 Å². The average Bonchev–Trinajstić information content (AvgIpc) is 3.04. The van der Waals surface area contributed by atoms with Crippen molar-refractivity contribution in [3.8, 4) is 0 Å². The van der Waals surface area contributed by atoms with Crippen LogP contribution in [0.15, 0.2) is 42.0 Å². The Balaban J connectivity index is 1.84. The van der Waals surface area contributed by atoms with Crippen LogP contribution in [-0.2, 0) is 6.54 Å². The van der Waals surface area contributed by atoms with Crippen LogP contribution < -0.4 is 5.32 Å². The lowest BCUT2D eigenvalue weighted by Crippen LogP contribution is -2.20. The molecule has 0 radical (unpaired) electrons. The summed E-state index contributed by atoms with van der Waals surface area (Å²) in [7, 11) is 0. The summed E-state index contributed by atoms with van der Waals surface area (Å²) in [4.78, 5) is 8.87. The van der Waals surface area contributed by atoms with Crippen LogP contribution in [0.25, 0.3) is 10.9 Å². The Morgan fingerprint density at radius 1 is 1.24 bits per heavy atom. The first-order valence-corrected chi connectivity index (χ1v) is 8.20. The minimum absolute atomic E-state index is 0.277. The van der Waals surface area contributed by atoms with E-state index in [1.165, 1.54) is 0 Å². The lowest BCUT2D eigenvalue weighted by molar-refractivity contribution is 0.517. The average molecular weight is 318 g/mol. The summed E-state index contributed by atoms with van der Waals surface area (Å²) in [5.74, 6) is 0. The highest BCUT2D eigenvalue weighted by molar-refractivity contribution is 7.09. The van der Waals surface area contributed by atoms with E-state index in [0.29, 0.717) is 0 Å². The summed E-state index contributed by atoms with van der Waals surface area (Å²) in [6.45, 7) is 2.92. The molecule has 0 spiro atoms. The molecule has 1 unspecified atom stereocenters. The zero-order valence-corrected chi connectivity index (χ0v) is 13.3. The van der Waals surface area contributed by atoms with Crippen LogP contribution in [0.4, 0.5) is 0 Å². The maximum atomic E-state index is 6.23. The summed E-state index contributed by atoms with van der Waals surface area (Å²) in [5, 5.41) is 8.45. The topological polar surface area (TPSA) is 37.8 Å². The molecule has 0 saturated carbocycles. The molecule has 1 N–H and O–H groups in total. The number of halogens is 1. The number of aromatic nitrogens is 2. The van der Waals surface area contributed by atoms with Crippen LogP contribution in [0.5, 0.6) is 0 Å². The molecule has 2 aromatic heterocycles. The fourth-order valence-corrected chi connectivity index (χ4v) is 3.40. The Morgan fingerprint density at radius 2 is 2.14 bits per heavy atom. The Morgan fingerprint density at radius 3 is 2.90 bits per heavy atom. The third-order valence-corrected chi connectivity index (χ3v) is 4.72. The minimum atomic E-state index is 0.277. The largest absolute Gasteiger partial charge is 0.304 e. The molecule has 3 rings (SSSR count). The molecule has 0 aliphatic rings. The van der Waals surface area contributed by atoms with E-state index in [1.807, 2.05) is 35.8 Å². The van der Waals surface area contributed by atoms with Crippen molar-refractivity contribution >= 4 is 33.8 Å². The normalized spacial score (nSPS) is 12.7. The predicted molar refractivity (Wildman–Crippen MR) is 88.7 cm³/mol. The number of hydrogen-bond acceptors (Lipinski definition) is 4. The zero-order chi connectivity index (χ0) is 14.7. The number of fused-ring (bicyclic) bond motifs is 1. The Hall–Kier alpha value is -1.49.